The summed E-state index contributed by atoms with van der Waals surface area (Å²) in [5.74, 6) is 2.50. The maximum Gasteiger partial charge on any atom is 0.191 e. The van der Waals surface area contributed by atoms with Crippen molar-refractivity contribution in [3.8, 4) is 11.5 Å². The van der Waals surface area contributed by atoms with Crippen molar-refractivity contribution < 1.29 is 9.47 Å². The molecule has 0 amide bonds. The van der Waals surface area contributed by atoms with E-state index in [9.17, 15) is 0 Å². The highest BCUT2D eigenvalue weighted by atomic mass is 127. The number of nitrogens with zero attached hydrogens (tertiary/aromatic N) is 2. The number of hydrogen-bond donors (Lipinski definition) is 2. The van der Waals surface area contributed by atoms with E-state index in [-0.39, 0.29) is 24.0 Å². The van der Waals surface area contributed by atoms with Gasteiger partial charge in [0, 0.05) is 13.1 Å². The fourth-order valence-corrected chi connectivity index (χ4v) is 2.20. The molecule has 0 spiro atoms. The summed E-state index contributed by atoms with van der Waals surface area (Å²) >= 11 is 0. The average Bonchev–Trinajstić information content (AvgIpc) is 2.62. The second-order valence-corrected chi connectivity index (χ2v) is 5.24. The van der Waals surface area contributed by atoms with Gasteiger partial charge in [0.05, 0.1) is 20.2 Å². The Hall–Kier alpha value is -1.22. The summed E-state index contributed by atoms with van der Waals surface area (Å²) in [6.07, 6.45) is 0. The molecule has 0 radical (unpaired) electrons. The molecule has 0 saturated carbocycles. The van der Waals surface area contributed by atoms with Crippen LogP contribution >= 0.6 is 24.0 Å². The van der Waals surface area contributed by atoms with Crippen LogP contribution in [0.1, 0.15) is 20.8 Å². The standard InChI is InChI=1S/C18H32N4O2.HI/c1-5-19-18(20-12-14-22(6-2)7-3)21-13-15-24-17-10-8-16(23-4)9-11-17;/h8-11H,5-7,12-15H2,1-4H3,(H2,19,20,21);1H. The van der Waals surface area contributed by atoms with Crippen molar-refractivity contribution >= 4 is 29.9 Å². The minimum Gasteiger partial charge on any atom is -0.497 e. The first-order chi connectivity index (χ1) is 11.7. The zero-order valence-electron chi connectivity index (χ0n) is 15.9. The molecule has 144 valence electrons. The van der Waals surface area contributed by atoms with Crippen LogP contribution in [0.15, 0.2) is 29.3 Å². The molecule has 1 aromatic carbocycles. The summed E-state index contributed by atoms with van der Waals surface area (Å²) in [6.45, 7) is 12.4. The molecular weight excluding hydrogens is 431 g/mol. The molecule has 1 aromatic rings. The smallest absolute Gasteiger partial charge is 0.191 e. The lowest BCUT2D eigenvalue weighted by Gasteiger charge is -2.17. The molecular formula is C18H33IN4O2. The van der Waals surface area contributed by atoms with Gasteiger partial charge in [0.15, 0.2) is 5.96 Å². The molecule has 7 heteroatoms. The van der Waals surface area contributed by atoms with Crippen LogP contribution < -0.4 is 20.1 Å². The van der Waals surface area contributed by atoms with Gasteiger partial charge in [0.2, 0.25) is 0 Å². The summed E-state index contributed by atoms with van der Waals surface area (Å²) in [7, 11) is 1.65. The van der Waals surface area contributed by atoms with Crippen LogP contribution in [-0.4, -0.2) is 63.8 Å². The van der Waals surface area contributed by atoms with Gasteiger partial charge in [0.25, 0.3) is 0 Å². The third kappa shape index (κ3) is 10.4. The third-order valence-corrected chi connectivity index (χ3v) is 3.65. The number of likely N-dealkylation sites (N-methyl/N-ethyl adjacent to an activating group) is 1. The molecule has 1 rings (SSSR count). The molecule has 0 bridgehead atoms. The largest absolute Gasteiger partial charge is 0.497 e. The van der Waals surface area contributed by atoms with Crippen LogP contribution in [0.5, 0.6) is 11.5 Å². The predicted molar refractivity (Wildman–Crippen MR) is 116 cm³/mol. The van der Waals surface area contributed by atoms with Gasteiger partial charge in [0.1, 0.15) is 18.1 Å². The van der Waals surface area contributed by atoms with Crippen molar-refractivity contribution in [2.45, 2.75) is 20.8 Å². The van der Waals surface area contributed by atoms with Gasteiger partial charge in [-0.3, -0.25) is 4.99 Å². The minimum atomic E-state index is 0. The number of ether oxygens (including phenoxy) is 2. The second-order valence-electron chi connectivity index (χ2n) is 5.24. The number of hydrogen-bond acceptors (Lipinski definition) is 4. The lowest BCUT2D eigenvalue weighted by molar-refractivity contribution is 0.312. The number of methoxy groups -OCH3 is 1. The van der Waals surface area contributed by atoms with Crippen LogP contribution in [0.2, 0.25) is 0 Å². The molecule has 0 aliphatic carbocycles. The van der Waals surface area contributed by atoms with E-state index in [1.807, 2.05) is 24.3 Å². The van der Waals surface area contributed by atoms with Crippen molar-refractivity contribution in [2.24, 2.45) is 4.99 Å². The van der Waals surface area contributed by atoms with E-state index >= 15 is 0 Å². The molecule has 0 unspecified atom stereocenters. The summed E-state index contributed by atoms with van der Waals surface area (Å²) in [6, 6.07) is 7.59. The summed E-state index contributed by atoms with van der Waals surface area (Å²) in [5, 5.41) is 6.55. The Morgan fingerprint density at radius 1 is 1.04 bits per heavy atom. The number of rotatable bonds is 11. The fraction of sp³-hybridized carbons (Fsp3) is 0.611. The normalized spacial score (nSPS) is 11.0. The Labute approximate surface area is 169 Å². The molecule has 0 aromatic heterocycles. The van der Waals surface area contributed by atoms with E-state index in [1.54, 1.807) is 7.11 Å². The molecule has 6 nitrogen and oxygen atoms in total. The van der Waals surface area contributed by atoms with E-state index in [0.717, 1.165) is 50.2 Å². The average molecular weight is 464 g/mol. The fourth-order valence-electron chi connectivity index (χ4n) is 2.20. The highest BCUT2D eigenvalue weighted by Gasteiger charge is 2.00. The van der Waals surface area contributed by atoms with E-state index in [1.165, 1.54) is 0 Å². The number of guanidine groups is 1. The van der Waals surface area contributed by atoms with Gasteiger partial charge in [-0.2, -0.15) is 0 Å². The zero-order chi connectivity index (χ0) is 17.6. The van der Waals surface area contributed by atoms with Crippen molar-refractivity contribution in [1.82, 2.24) is 15.5 Å². The second kappa shape index (κ2) is 15.1. The van der Waals surface area contributed by atoms with E-state index in [4.69, 9.17) is 9.47 Å². The van der Waals surface area contributed by atoms with Gasteiger partial charge in [-0.15, -0.1) is 24.0 Å². The first kappa shape index (κ1) is 23.8. The Balaban J connectivity index is 0.00000576. The van der Waals surface area contributed by atoms with Crippen molar-refractivity contribution in [2.75, 3.05) is 53.0 Å². The van der Waals surface area contributed by atoms with E-state index < -0.39 is 0 Å². The predicted octanol–water partition coefficient (Wildman–Crippen LogP) is 2.59. The Morgan fingerprint density at radius 3 is 2.24 bits per heavy atom. The van der Waals surface area contributed by atoms with Crippen LogP contribution in [-0.2, 0) is 0 Å². The maximum absolute atomic E-state index is 5.70. The Morgan fingerprint density at radius 2 is 1.68 bits per heavy atom. The van der Waals surface area contributed by atoms with Crippen LogP contribution in [0, 0.1) is 0 Å². The Kier molecular flexibility index (Phi) is 14.3. The monoisotopic (exact) mass is 464 g/mol. The van der Waals surface area contributed by atoms with Gasteiger partial charge in [-0.05, 0) is 44.3 Å². The van der Waals surface area contributed by atoms with Gasteiger partial charge >= 0.3 is 0 Å². The van der Waals surface area contributed by atoms with Gasteiger partial charge < -0.3 is 25.0 Å². The van der Waals surface area contributed by atoms with Crippen LogP contribution in [0.3, 0.4) is 0 Å². The van der Waals surface area contributed by atoms with Crippen molar-refractivity contribution in [3.05, 3.63) is 24.3 Å². The summed E-state index contributed by atoms with van der Waals surface area (Å²) < 4.78 is 10.8. The lowest BCUT2D eigenvalue weighted by atomic mass is 10.3. The highest BCUT2D eigenvalue weighted by Crippen LogP contribution is 2.16. The Bertz CT molecular complexity index is 465. The maximum atomic E-state index is 5.70. The van der Waals surface area contributed by atoms with Crippen molar-refractivity contribution in [3.63, 3.8) is 0 Å². The topological polar surface area (TPSA) is 58.1 Å². The zero-order valence-corrected chi connectivity index (χ0v) is 18.2. The molecule has 25 heavy (non-hydrogen) atoms. The quantitative estimate of drug-likeness (QED) is 0.228. The molecule has 0 atom stereocenters. The summed E-state index contributed by atoms with van der Waals surface area (Å²) in [4.78, 5) is 6.96. The third-order valence-electron chi connectivity index (χ3n) is 3.65. The number of aliphatic imine (C=N–C) groups is 1. The van der Waals surface area contributed by atoms with Crippen molar-refractivity contribution in [1.29, 1.82) is 0 Å². The molecule has 0 saturated heterocycles. The first-order valence-corrected chi connectivity index (χ1v) is 8.74. The molecule has 0 heterocycles. The molecule has 0 aliphatic heterocycles. The highest BCUT2D eigenvalue weighted by molar-refractivity contribution is 14.0. The number of nitrogens with one attached hydrogen (secondary N) is 2. The molecule has 0 fully saturated rings. The SMILES string of the molecule is CCNC(=NCCN(CC)CC)NCCOc1ccc(OC)cc1.I. The number of benzene rings is 1. The van der Waals surface area contributed by atoms with E-state index in [2.05, 4.69) is 41.3 Å². The molecule has 0 aliphatic rings. The summed E-state index contributed by atoms with van der Waals surface area (Å²) in [5.41, 5.74) is 0. The lowest BCUT2D eigenvalue weighted by Crippen LogP contribution is -2.40. The van der Waals surface area contributed by atoms with Gasteiger partial charge in [-0.25, -0.2) is 0 Å². The first-order valence-electron chi connectivity index (χ1n) is 8.74. The van der Waals surface area contributed by atoms with Crippen LogP contribution in [0.4, 0.5) is 0 Å². The number of halogens is 1. The van der Waals surface area contributed by atoms with Gasteiger partial charge in [-0.1, -0.05) is 13.8 Å². The minimum absolute atomic E-state index is 0. The van der Waals surface area contributed by atoms with E-state index in [0.29, 0.717) is 13.2 Å². The van der Waals surface area contributed by atoms with Crippen LogP contribution in [0.25, 0.3) is 0 Å². The molecule has 2 N–H and O–H groups in total.